The Morgan fingerprint density at radius 2 is 2.00 bits per heavy atom. The Bertz CT molecular complexity index is 489. The number of aliphatic hydroxyl groups is 1. The van der Waals surface area contributed by atoms with Crippen molar-refractivity contribution in [3.8, 4) is 0 Å². The standard InChI is InChI=1S/C17H24N2O2/c18-16-13-7-6-12(9-13)15(16)17(21)19-14(10-20)8-11-4-2-1-3-5-11/h1-5,12-16,20H,6-10,18H2,(H,19,21)/t12?,13?,14-,15?,16?/m1/s1. The normalized spacial score (nSPS) is 32.1. The molecule has 2 aliphatic rings. The number of nitrogens with one attached hydrogen (secondary N) is 1. The number of amides is 1. The largest absolute Gasteiger partial charge is 0.394 e. The van der Waals surface area contributed by atoms with E-state index in [9.17, 15) is 9.90 Å². The molecule has 2 saturated carbocycles. The number of carbonyl (C=O) groups excluding carboxylic acids is 1. The zero-order valence-corrected chi connectivity index (χ0v) is 12.2. The first-order valence-corrected chi connectivity index (χ1v) is 7.89. The van der Waals surface area contributed by atoms with Gasteiger partial charge in [-0.05, 0) is 43.1 Å². The summed E-state index contributed by atoms with van der Waals surface area (Å²) in [5.41, 5.74) is 7.33. The van der Waals surface area contributed by atoms with Crippen LogP contribution in [0.3, 0.4) is 0 Å². The van der Waals surface area contributed by atoms with E-state index in [2.05, 4.69) is 5.32 Å². The van der Waals surface area contributed by atoms with E-state index >= 15 is 0 Å². The molecule has 4 N–H and O–H groups in total. The molecule has 2 aliphatic carbocycles. The number of hydrogen-bond donors (Lipinski definition) is 3. The minimum absolute atomic E-state index is 0.000168. The predicted octanol–water partition coefficient (Wildman–Crippen LogP) is 1.08. The summed E-state index contributed by atoms with van der Waals surface area (Å²) in [6, 6.07) is 9.70. The van der Waals surface area contributed by atoms with Gasteiger partial charge in [-0.2, -0.15) is 0 Å². The molecular formula is C17H24N2O2. The highest BCUT2D eigenvalue weighted by Gasteiger charge is 2.49. The Hall–Kier alpha value is -1.39. The van der Waals surface area contributed by atoms with Crippen LogP contribution < -0.4 is 11.1 Å². The second kappa shape index (κ2) is 6.16. The summed E-state index contributed by atoms with van der Waals surface area (Å²) in [5, 5.41) is 12.5. The van der Waals surface area contributed by atoms with Crippen molar-refractivity contribution in [2.75, 3.05) is 6.61 Å². The first-order chi connectivity index (χ1) is 10.2. The summed E-state index contributed by atoms with van der Waals surface area (Å²) in [6.07, 6.45) is 4.04. The van der Waals surface area contributed by atoms with Gasteiger partial charge < -0.3 is 16.2 Å². The van der Waals surface area contributed by atoms with E-state index in [-0.39, 0.29) is 30.5 Å². The minimum atomic E-state index is -0.230. The summed E-state index contributed by atoms with van der Waals surface area (Å²) in [5.74, 6) is 0.937. The van der Waals surface area contributed by atoms with Crippen LogP contribution in [0.2, 0.25) is 0 Å². The maximum absolute atomic E-state index is 12.5. The van der Waals surface area contributed by atoms with Gasteiger partial charge >= 0.3 is 0 Å². The number of aliphatic hydroxyl groups excluding tert-OH is 1. The molecule has 21 heavy (non-hydrogen) atoms. The van der Waals surface area contributed by atoms with Crippen molar-refractivity contribution in [2.45, 2.75) is 37.8 Å². The third kappa shape index (κ3) is 2.97. The van der Waals surface area contributed by atoms with Gasteiger partial charge in [0.15, 0.2) is 0 Å². The molecule has 4 unspecified atom stereocenters. The molecule has 0 aromatic heterocycles. The molecule has 0 heterocycles. The Labute approximate surface area is 125 Å². The van der Waals surface area contributed by atoms with Gasteiger partial charge in [0.1, 0.15) is 0 Å². The van der Waals surface area contributed by atoms with Gasteiger partial charge in [0.05, 0.1) is 18.6 Å². The fraction of sp³-hybridized carbons (Fsp3) is 0.588. The molecule has 1 aromatic carbocycles. The number of hydrogen-bond acceptors (Lipinski definition) is 3. The third-order valence-corrected chi connectivity index (χ3v) is 5.18. The van der Waals surface area contributed by atoms with Crippen molar-refractivity contribution in [3.63, 3.8) is 0 Å². The molecule has 114 valence electrons. The molecule has 1 aromatic rings. The fourth-order valence-electron chi connectivity index (χ4n) is 4.08. The van der Waals surface area contributed by atoms with Crippen molar-refractivity contribution in [2.24, 2.45) is 23.5 Å². The van der Waals surface area contributed by atoms with Crippen LogP contribution in [0.15, 0.2) is 30.3 Å². The van der Waals surface area contributed by atoms with Crippen LogP contribution in [0.1, 0.15) is 24.8 Å². The number of carbonyl (C=O) groups is 1. The van der Waals surface area contributed by atoms with Crippen molar-refractivity contribution in [3.05, 3.63) is 35.9 Å². The van der Waals surface area contributed by atoms with Gasteiger partial charge in [0.25, 0.3) is 0 Å². The van der Waals surface area contributed by atoms with E-state index in [1.54, 1.807) is 0 Å². The van der Waals surface area contributed by atoms with Crippen LogP contribution in [-0.2, 0) is 11.2 Å². The summed E-state index contributed by atoms with van der Waals surface area (Å²) >= 11 is 0. The number of nitrogens with two attached hydrogens (primary N) is 1. The molecule has 0 radical (unpaired) electrons. The van der Waals surface area contributed by atoms with E-state index in [4.69, 9.17) is 5.73 Å². The van der Waals surface area contributed by atoms with Gasteiger partial charge in [-0.15, -0.1) is 0 Å². The lowest BCUT2D eigenvalue weighted by atomic mass is 9.84. The SMILES string of the molecule is NC1C2CCC(C2)C1C(=O)N[C@@H](CO)Cc1ccccc1. The monoisotopic (exact) mass is 288 g/mol. The second-order valence-electron chi connectivity index (χ2n) is 6.51. The summed E-state index contributed by atoms with van der Waals surface area (Å²) in [7, 11) is 0. The molecule has 5 atom stereocenters. The molecule has 0 aliphatic heterocycles. The van der Waals surface area contributed by atoms with Crippen LogP contribution in [0.5, 0.6) is 0 Å². The lowest BCUT2D eigenvalue weighted by Gasteiger charge is -2.28. The molecule has 1 amide bonds. The van der Waals surface area contributed by atoms with Crippen LogP contribution >= 0.6 is 0 Å². The lowest BCUT2D eigenvalue weighted by Crippen LogP contribution is -2.49. The Balaban J connectivity index is 1.60. The summed E-state index contributed by atoms with van der Waals surface area (Å²) in [4.78, 5) is 12.5. The first kappa shape index (κ1) is 14.5. The predicted molar refractivity (Wildman–Crippen MR) is 81.5 cm³/mol. The van der Waals surface area contributed by atoms with Gasteiger partial charge in [0.2, 0.25) is 5.91 Å². The maximum Gasteiger partial charge on any atom is 0.225 e. The van der Waals surface area contributed by atoms with E-state index < -0.39 is 0 Å². The van der Waals surface area contributed by atoms with E-state index in [1.165, 1.54) is 6.42 Å². The Morgan fingerprint density at radius 1 is 1.29 bits per heavy atom. The molecule has 2 bridgehead atoms. The fourth-order valence-corrected chi connectivity index (χ4v) is 4.08. The second-order valence-corrected chi connectivity index (χ2v) is 6.51. The topological polar surface area (TPSA) is 75.4 Å². The van der Waals surface area contributed by atoms with E-state index in [1.807, 2.05) is 30.3 Å². The van der Waals surface area contributed by atoms with Gasteiger partial charge in [-0.1, -0.05) is 30.3 Å². The van der Waals surface area contributed by atoms with Gasteiger partial charge in [-0.3, -0.25) is 4.79 Å². The summed E-state index contributed by atoms with van der Waals surface area (Å²) in [6.45, 7) is -0.0450. The molecule has 2 fully saturated rings. The third-order valence-electron chi connectivity index (χ3n) is 5.18. The van der Waals surface area contributed by atoms with Crippen molar-refractivity contribution < 1.29 is 9.90 Å². The van der Waals surface area contributed by atoms with Crippen LogP contribution in [0, 0.1) is 17.8 Å². The summed E-state index contributed by atoms with van der Waals surface area (Å²) < 4.78 is 0. The smallest absolute Gasteiger partial charge is 0.225 e. The molecule has 0 saturated heterocycles. The minimum Gasteiger partial charge on any atom is -0.394 e. The molecule has 3 rings (SSSR count). The van der Waals surface area contributed by atoms with E-state index in [0.29, 0.717) is 18.3 Å². The molecule has 4 heteroatoms. The van der Waals surface area contributed by atoms with Gasteiger partial charge in [0, 0.05) is 6.04 Å². The highest BCUT2D eigenvalue weighted by atomic mass is 16.3. The van der Waals surface area contributed by atoms with Crippen molar-refractivity contribution in [1.29, 1.82) is 0 Å². The number of fused-ring (bicyclic) bond motifs is 2. The highest BCUT2D eigenvalue weighted by molar-refractivity contribution is 5.80. The Kier molecular flexibility index (Phi) is 4.27. The van der Waals surface area contributed by atoms with Crippen molar-refractivity contribution in [1.82, 2.24) is 5.32 Å². The van der Waals surface area contributed by atoms with Crippen LogP contribution in [-0.4, -0.2) is 29.7 Å². The molecule has 4 nitrogen and oxygen atoms in total. The number of rotatable bonds is 5. The lowest BCUT2D eigenvalue weighted by molar-refractivity contribution is -0.128. The average Bonchev–Trinajstić information content (AvgIpc) is 3.08. The quantitative estimate of drug-likeness (QED) is 0.759. The van der Waals surface area contributed by atoms with Crippen molar-refractivity contribution >= 4 is 5.91 Å². The van der Waals surface area contributed by atoms with Crippen LogP contribution in [0.25, 0.3) is 0 Å². The first-order valence-electron chi connectivity index (χ1n) is 7.89. The van der Waals surface area contributed by atoms with Gasteiger partial charge in [-0.25, -0.2) is 0 Å². The highest BCUT2D eigenvalue weighted by Crippen LogP contribution is 2.47. The molecular weight excluding hydrogens is 264 g/mol. The zero-order chi connectivity index (χ0) is 14.8. The molecule has 0 spiro atoms. The zero-order valence-electron chi connectivity index (χ0n) is 12.2. The maximum atomic E-state index is 12.5. The average molecular weight is 288 g/mol. The van der Waals surface area contributed by atoms with E-state index in [0.717, 1.165) is 18.4 Å². The Morgan fingerprint density at radius 3 is 2.62 bits per heavy atom. The number of benzene rings is 1. The van der Waals surface area contributed by atoms with Crippen LogP contribution in [0.4, 0.5) is 0 Å².